The Labute approximate surface area is 135 Å². The Morgan fingerprint density at radius 3 is 2.87 bits per heavy atom. The standard InChI is InChI=1S/C18H21N3O2/c1-12-7-8-15(18(23)20-12)17(22)19-11-13(2)21-10-9-14-5-3-4-6-16(14)21/h3-8,13H,9-11H2,1-2H3,(H,19,22)(H,20,23)/t13-/m0/s1. The molecule has 23 heavy (non-hydrogen) atoms. The number of nitrogens with one attached hydrogen (secondary N) is 2. The van der Waals surface area contributed by atoms with Gasteiger partial charge in [0.05, 0.1) is 0 Å². The number of carbonyl (C=O) groups excluding carboxylic acids is 1. The van der Waals surface area contributed by atoms with Crippen LogP contribution in [0, 0.1) is 6.92 Å². The SMILES string of the molecule is Cc1ccc(C(=O)NC[C@H](C)N2CCc3ccccc32)c(=O)[nH]1. The van der Waals surface area contributed by atoms with E-state index in [0.29, 0.717) is 6.54 Å². The normalized spacial score (nSPS) is 14.4. The van der Waals surface area contributed by atoms with Gasteiger partial charge >= 0.3 is 0 Å². The van der Waals surface area contributed by atoms with Crippen molar-refractivity contribution in [2.45, 2.75) is 26.3 Å². The van der Waals surface area contributed by atoms with Crippen molar-refractivity contribution < 1.29 is 4.79 Å². The maximum atomic E-state index is 12.2. The number of amides is 1. The molecule has 1 aliphatic heterocycles. The molecule has 5 nitrogen and oxygen atoms in total. The van der Waals surface area contributed by atoms with Gasteiger partial charge < -0.3 is 15.2 Å². The molecule has 1 aromatic heterocycles. The summed E-state index contributed by atoms with van der Waals surface area (Å²) in [6.07, 6.45) is 1.03. The quantitative estimate of drug-likeness (QED) is 0.906. The van der Waals surface area contributed by atoms with Gasteiger partial charge in [-0.2, -0.15) is 0 Å². The molecule has 0 radical (unpaired) electrons. The van der Waals surface area contributed by atoms with Crippen LogP contribution in [0.25, 0.3) is 0 Å². The van der Waals surface area contributed by atoms with E-state index in [0.717, 1.165) is 18.7 Å². The molecule has 0 aliphatic carbocycles. The van der Waals surface area contributed by atoms with Gasteiger partial charge in [-0.15, -0.1) is 0 Å². The predicted octanol–water partition coefficient (Wildman–Crippen LogP) is 1.86. The van der Waals surface area contributed by atoms with Gasteiger partial charge in [0.25, 0.3) is 11.5 Å². The molecule has 1 amide bonds. The van der Waals surface area contributed by atoms with E-state index >= 15 is 0 Å². The number of nitrogens with zero attached hydrogens (tertiary/aromatic N) is 1. The van der Waals surface area contributed by atoms with E-state index in [9.17, 15) is 9.59 Å². The fraction of sp³-hybridized carbons (Fsp3) is 0.333. The van der Waals surface area contributed by atoms with Crippen molar-refractivity contribution in [3.05, 3.63) is 63.6 Å². The van der Waals surface area contributed by atoms with Crippen molar-refractivity contribution in [2.24, 2.45) is 0 Å². The zero-order chi connectivity index (χ0) is 16.4. The number of fused-ring (bicyclic) bond motifs is 1. The van der Waals surface area contributed by atoms with Gasteiger partial charge in [0.15, 0.2) is 0 Å². The summed E-state index contributed by atoms with van der Waals surface area (Å²) in [6, 6.07) is 11.8. The summed E-state index contributed by atoms with van der Waals surface area (Å²) in [7, 11) is 0. The van der Waals surface area contributed by atoms with Crippen LogP contribution in [-0.4, -0.2) is 30.0 Å². The fourth-order valence-electron chi connectivity index (χ4n) is 3.02. The van der Waals surface area contributed by atoms with Gasteiger partial charge in [-0.1, -0.05) is 18.2 Å². The summed E-state index contributed by atoms with van der Waals surface area (Å²) in [4.78, 5) is 29.0. The second-order valence-electron chi connectivity index (χ2n) is 6.02. The average Bonchev–Trinajstić information content (AvgIpc) is 2.96. The van der Waals surface area contributed by atoms with Gasteiger partial charge in [0.2, 0.25) is 0 Å². The lowest BCUT2D eigenvalue weighted by molar-refractivity contribution is 0.0950. The Morgan fingerprint density at radius 1 is 1.30 bits per heavy atom. The van der Waals surface area contributed by atoms with E-state index < -0.39 is 0 Å². The van der Waals surface area contributed by atoms with Crippen LogP contribution in [-0.2, 0) is 6.42 Å². The monoisotopic (exact) mass is 311 g/mol. The molecular formula is C18H21N3O2. The Kier molecular flexibility index (Phi) is 4.19. The van der Waals surface area contributed by atoms with Gasteiger partial charge in [-0.25, -0.2) is 0 Å². The van der Waals surface area contributed by atoms with E-state index in [1.807, 2.05) is 6.07 Å². The third-order valence-corrected chi connectivity index (χ3v) is 4.31. The van der Waals surface area contributed by atoms with Crippen molar-refractivity contribution >= 4 is 11.6 Å². The maximum Gasteiger partial charge on any atom is 0.260 e. The van der Waals surface area contributed by atoms with Crippen LogP contribution >= 0.6 is 0 Å². The van der Waals surface area contributed by atoms with Crippen LogP contribution < -0.4 is 15.8 Å². The molecule has 1 aromatic carbocycles. The molecule has 120 valence electrons. The number of rotatable bonds is 4. The summed E-state index contributed by atoms with van der Waals surface area (Å²) in [5.41, 5.74) is 3.14. The Hall–Kier alpha value is -2.56. The lowest BCUT2D eigenvalue weighted by Crippen LogP contribution is -2.42. The number of carbonyl (C=O) groups is 1. The van der Waals surface area contributed by atoms with Crippen LogP contribution in [0.4, 0.5) is 5.69 Å². The van der Waals surface area contributed by atoms with E-state index in [1.165, 1.54) is 11.3 Å². The van der Waals surface area contributed by atoms with Crippen molar-refractivity contribution in [1.82, 2.24) is 10.3 Å². The van der Waals surface area contributed by atoms with Crippen molar-refractivity contribution in [1.29, 1.82) is 0 Å². The van der Waals surface area contributed by atoms with Gasteiger partial charge in [-0.05, 0) is 44.0 Å². The minimum Gasteiger partial charge on any atom is -0.366 e. The third kappa shape index (κ3) is 3.13. The highest BCUT2D eigenvalue weighted by molar-refractivity contribution is 5.93. The first-order valence-corrected chi connectivity index (χ1v) is 7.89. The molecule has 5 heteroatoms. The maximum absolute atomic E-state index is 12.2. The van der Waals surface area contributed by atoms with E-state index in [-0.39, 0.29) is 23.1 Å². The Balaban J connectivity index is 1.64. The number of H-pyrrole nitrogens is 1. The summed E-state index contributed by atoms with van der Waals surface area (Å²) in [5, 5.41) is 2.87. The largest absolute Gasteiger partial charge is 0.366 e. The molecule has 1 atom stereocenters. The van der Waals surface area contributed by atoms with Crippen LogP contribution in [0.2, 0.25) is 0 Å². The summed E-state index contributed by atoms with van der Waals surface area (Å²) < 4.78 is 0. The number of benzene rings is 1. The van der Waals surface area contributed by atoms with E-state index in [4.69, 9.17) is 0 Å². The van der Waals surface area contributed by atoms with Crippen LogP contribution in [0.15, 0.2) is 41.2 Å². The average molecular weight is 311 g/mol. The molecule has 0 unspecified atom stereocenters. The van der Waals surface area contributed by atoms with Crippen LogP contribution in [0.5, 0.6) is 0 Å². The number of aromatic nitrogens is 1. The third-order valence-electron chi connectivity index (χ3n) is 4.31. The first-order chi connectivity index (χ1) is 11.1. The molecule has 0 bridgehead atoms. The fourth-order valence-corrected chi connectivity index (χ4v) is 3.02. The summed E-state index contributed by atoms with van der Waals surface area (Å²) in [5.74, 6) is -0.328. The summed E-state index contributed by atoms with van der Waals surface area (Å²) in [6.45, 7) is 5.33. The topological polar surface area (TPSA) is 65.2 Å². The smallest absolute Gasteiger partial charge is 0.260 e. The first-order valence-electron chi connectivity index (χ1n) is 7.89. The van der Waals surface area contributed by atoms with Crippen molar-refractivity contribution in [3.63, 3.8) is 0 Å². The highest BCUT2D eigenvalue weighted by Gasteiger charge is 2.23. The molecule has 2 aromatic rings. The number of aromatic amines is 1. The second-order valence-corrected chi connectivity index (χ2v) is 6.02. The Morgan fingerprint density at radius 2 is 2.09 bits per heavy atom. The highest BCUT2D eigenvalue weighted by atomic mass is 16.2. The zero-order valence-electron chi connectivity index (χ0n) is 13.4. The number of pyridine rings is 1. The molecule has 0 saturated heterocycles. The van der Waals surface area contributed by atoms with Gasteiger partial charge in [0, 0.05) is 30.5 Å². The highest BCUT2D eigenvalue weighted by Crippen LogP contribution is 2.28. The molecule has 0 fully saturated rings. The number of hydrogen-bond donors (Lipinski definition) is 2. The lowest BCUT2D eigenvalue weighted by atomic mass is 10.1. The molecule has 3 rings (SSSR count). The lowest BCUT2D eigenvalue weighted by Gasteiger charge is -2.27. The zero-order valence-corrected chi connectivity index (χ0v) is 13.4. The first kappa shape index (κ1) is 15.3. The molecule has 0 saturated carbocycles. The minimum absolute atomic E-state index is 0.157. The number of para-hydroxylation sites is 1. The Bertz CT molecular complexity index is 782. The molecule has 2 heterocycles. The van der Waals surface area contributed by atoms with E-state index in [1.54, 1.807) is 19.1 Å². The molecular weight excluding hydrogens is 290 g/mol. The van der Waals surface area contributed by atoms with Crippen LogP contribution in [0.3, 0.4) is 0 Å². The van der Waals surface area contributed by atoms with Crippen LogP contribution in [0.1, 0.15) is 28.5 Å². The molecule has 1 aliphatic rings. The van der Waals surface area contributed by atoms with E-state index in [2.05, 4.69) is 40.3 Å². The van der Waals surface area contributed by atoms with Crippen molar-refractivity contribution in [2.75, 3.05) is 18.0 Å². The number of anilines is 1. The molecule has 2 N–H and O–H groups in total. The van der Waals surface area contributed by atoms with Gasteiger partial charge in [0.1, 0.15) is 5.56 Å². The number of aryl methyl sites for hydroxylation is 1. The summed E-state index contributed by atoms with van der Waals surface area (Å²) >= 11 is 0. The minimum atomic E-state index is -0.346. The second kappa shape index (κ2) is 6.28. The number of hydrogen-bond acceptors (Lipinski definition) is 3. The molecule has 0 spiro atoms. The van der Waals surface area contributed by atoms with Gasteiger partial charge in [-0.3, -0.25) is 9.59 Å². The predicted molar refractivity (Wildman–Crippen MR) is 91.1 cm³/mol. The van der Waals surface area contributed by atoms with Crippen molar-refractivity contribution in [3.8, 4) is 0 Å².